The lowest BCUT2D eigenvalue weighted by molar-refractivity contribution is -0.0702. The molecule has 4 rings (SSSR count). The van der Waals surface area contributed by atoms with E-state index in [-0.39, 0.29) is 18.3 Å². The summed E-state index contributed by atoms with van der Waals surface area (Å²) < 4.78 is 33.2. The number of aliphatic hydroxyl groups is 2. The molecule has 0 amide bonds. The van der Waals surface area contributed by atoms with Crippen LogP contribution in [0.2, 0.25) is 0 Å². The Hall–Kier alpha value is -3.32. The van der Waals surface area contributed by atoms with Gasteiger partial charge < -0.3 is 14.9 Å². The Bertz CT molecular complexity index is 1230. The molecule has 2 heterocycles. The molecule has 1 fully saturated rings. The molecule has 1 aromatic heterocycles. The Morgan fingerprint density at radius 2 is 2.00 bits per heavy atom. The number of rotatable bonds is 8. The van der Waals surface area contributed by atoms with Crippen molar-refractivity contribution in [1.29, 1.82) is 5.26 Å². The first-order chi connectivity index (χ1) is 17.2. The van der Waals surface area contributed by atoms with Crippen LogP contribution in [0.4, 0.5) is 8.78 Å². The number of hydrogen-bond donors (Lipinski definition) is 2. The van der Waals surface area contributed by atoms with E-state index < -0.39 is 12.2 Å². The third kappa shape index (κ3) is 5.73. The van der Waals surface area contributed by atoms with E-state index in [1.54, 1.807) is 48.0 Å². The number of piperidine rings is 1. The van der Waals surface area contributed by atoms with Crippen LogP contribution in [0.5, 0.6) is 5.75 Å². The molecule has 0 bridgehead atoms. The standard InChI is InChI=1S/C27H30F2N4O3/c1-18-14-33(23-9-5-19(13-30)6-10-23)31-25(18)20-7-8-21(24(12-20)36-26(28)29)15-32-11-3-4-22(16-32)27(2,35)17-34/h5-10,12,14,22,26,34-35H,3-4,11,15-17H2,1-2H3/t22-,27+/m0/s1. The number of halogens is 2. The number of hydrogen-bond acceptors (Lipinski definition) is 6. The summed E-state index contributed by atoms with van der Waals surface area (Å²) in [5.74, 6) is -0.0188. The highest BCUT2D eigenvalue weighted by Gasteiger charge is 2.34. The second-order valence-corrected chi connectivity index (χ2v) is 9.55. The highest BCUT2D eigenvalue weighted by molar-refractivity contribution is 5.66. The van der Waals surface area contributed by atoms with Crippen LogP contribution >= 0.6 is 0 Å². The number of ether oxygens (including phenoxy) is 1. The van der Waals surface area contributed by atoms with Crippen LogP contribution in [0.25, 0.3) is 16.9 Å². The van der Waals surface area contributed by atoms with Gasteiger partial charge in [0.05, 0.1) is 35.2 Å². The molecule has 0 spiro atoms. The van der Waals surface area contributed by atoms with Gasteiger partial charge in [0.1, 0.15) is 5.75 Å². The summed E-state index contributed by atoms with van der Waals surface area (Å²) in [7, 11) is 0. The lowest BCUT2D eigenvalue weighted by Gasteiger charge is -2.39. The molecule has 2 atom stereocenters. The van der Waals surface area contributed by atoms with E-state index in [4.69, 9.17) is 10.00 Å². The number of aliphatic hydroxyl groups excluding tert-OH is 1. The molecule has 36 heavy (non-hydrogen) atoms. The summed E-state index contributed by atoms with van der Waals surface area (Å²) in [5.41, 5.74) is 2.92. The van der Waals surface area contributed by atoms with Crippen molar-refractivity contribution in [2.24, 2.45) is 5.92 Å². The molecular formula is C27H30F2N4O3. The molecule has 2 aromatic carbocycles. The van der Waals surface area contributed by atoms with E-state index in [1.807, 2.05) is 19.2 Å². The van der Waals surface area contributed by atoms with E-state index in [0.29, 0.717) is 35.5 Å². The largest absolute Gasteiger partial charge is 0.434 e. The zero-order valence-electron chi connectivity index (χ0n) is 20.4. The number of nitriles is 1. The predicted octanol–water partition coefficient (Wildman–Crippen LogP) is 4.28. The van der Waals surface area contributed by atoms with Crippen molar-refractivity contribution in [3.63, 3.8) is 0 Å². The summed E-state index contributed by atoms with van der Waals surface area (Å²) in [5, 5.41) is 33.7. The Kier molecular flexibility index (Phi) is 7.69. The summed E-state index contributed by atoms with van der Waals surface area (Å²) in [6, 6.07) is 14.3. The monoisotopic (exact) mass is 496 g/mol. The first-order valence-corrected chi connectivity index (χ1v) is 11.9. The molecule has 0 saturated carbocycles. The van der Waals surface area contributed by atoms with Gasteiger partial charge in [0.25, 0.3) is 0 Å². The van der Waals surface area contributed by atoms with Gasteiger partial charge in [-0.3, -0.25) is 4.90 Å². The van der Waals surface area contributed by atoms with E-state index in [9.17, 15) is 19.0 Å². The molecule has 1 saturated heterocycles. The minimum absolute atomic E-state index is 0.0888. The first kappa shape index (κ1) is 25.8. The lowest BCUT2D eigenvalue weighted by atomic mass is 9.83. The second kappa shape index (κ2) is 10.7. The average Bonchev–Trinajstić information content (AvgIpc) is 3.26. The molecule has 9 heteroatoms. The van der Waals surface area contributed by atoms with E-state index in [0.717, 1.165) is 30.6 Å². The summed E-state index contributed by atoms with van der Waals surface area (Å²) in [6.45, 7) is 1.93. The fourth-order valence-electron chi connectivity index (χ4n) is 4.68. The first-order valence-electron chi connectivity index (χ1n) is 11.9. The summed E-state index contributed by atoms with van der Waals surface area (Å²) in [4.78, 5) is 2.09. The molecule has 0 unspecified atom stereocenters. The maximum Gasteiger partial charge on any atom is 0.387 e. The van der Waals surface area contributed by atoms with Crippen LogP contribution in [0, 0.1) is 24.2 Å². The highest BCUT2D eigenvalue weighted by Crippen LogP contribution is 2.33. The lowest BCUT2D eigenvalue weighted by Crippen LogP contribution is -2.47. The van der Waals surface area contributed by atoms with Crippen LogP contribution < -0.4 is 4.74 Å². The van der Waals surface area contributed by atoms with Crippen molar-refractivity contribution < 1.29 is 23.7 Å². The molecule has 7 nitrogen and oxygen atoms in total. The number of aromatic nitrogens is 2. The summed E-state index contributed by atoms with van der Waals surface area (Å²) in [6.07, 6.45) is 3.49. The van der Waals surface area contributed by atoms with Crippen molar-refractivity contribution in [3.05, 3.63) is 65.4 Å². The van der Waals surface area contributed by atoms with E-state index in [1.165, 1.54) is 0 Å². The number of nitrogens with zero attached hydrogens (tertiary/aromatic N) is 4. The van der Waals surface area contributed by atoms with Gasteiger partial charge in [0, 0.05) is 36.3 Å². The van der Waals surface area contributed by atoms with Gasteiger partial charge >= 0.3 is 6.61 Å². The Morgan fingerprint density at radius 1 is 1.25 bits per heavy atom. The van der Waals surface area contributed by atoms with Gasteiger partial charge in [-0.05, 0) is 69.1 Å². The molecule has 1 aliphatic heterocycles. The Balaban J connectivity index is 1.59. The van der Waals surface area contributed by atoms with Gasteiger partial charge in [-0.25, -0.2) is 4.68 Å². The molecular weight excluding hydrogens is 466 g/mol. The van der Waals surface area contributed by atoms with E-state index in [2.05, 4.69) is 16.1 Å². The molecule has 2 N–H and O–H groups in total. The van der Waals surface area contributed by atoms with Crippen molar-refractivity contribution in [1.82, 2.24) is 14.7 Å². The van der Waals surface area contributed by atoms with Crippen molar-refractivity contribution in [2.45, 2.75) is 45.4 Å². The quantitative estimate of drug-likeness (QED) is 0.484. The minimum Gasteiger partial charge on any atom is -0.434 e. The average molecular weight is 497 g/mol. The second-order valence-electron chi connectivity index (χ2n) is 9.55. The van der Waals surface area contributed by atoms with Crippen molar-refractivity contribution in [2.75, 3.05) is 19.7 Å². The maximum atomic E-state index is 13.3. The van der Waals surface area contributed by atoms with Gasteiger partial charge in [-0.15, -0.1) is 0 Å². The van der Waals surface area contributed by atoms with Gasteiger partial charge in [-0.1, -0.05) is 12.1 Å². The van der Waals surface area contributed by atoms with E-state index >= 15 is 0 Å². The zero-order chi connectivity index (χ0) is 25.9. The molecule has 0 radical (unpaired) electrons. The number of alkyl halides is 2. The van der Waals surface area contributed by atoms with Crippen molar-refractivity contribution in [3.8, 4) is 28.8 Å². The van der Waals surface area contributed by atoms with Crippen LogP contribution in [0.3, 0.4) is 0 Å². The van der Waals surface area contributed by atoms with Gasteiger partial charge in [-0.2, -0.15) is 19.1 Å². The van der Waals surface area contributed by atoms with Crippen LogP contribution in [-0.4, -0.2) is 56.8 Å². The van der Waals surface area contributed by atoms with Crippen LogP contribution in [0.15, 0.2) is 48.7 Å². The predicted molar refractivity (Wildman–Crippen MR) is 131 cm³/mol. The smallest absolute Gasteiger partial charge is 0.387 e. The SMILES string of the molecule is Cc1cn(-c2ccc(C#N)cc2)nc1-c1ccc(CN2CCC[C@H]([C@](C)(O)CO)C2)c(OC(F)F)c1. The van der Waals surface area contributed by atoms with Crippen molar-refractivity contribution >= 4 is 0 Å². The zero-order valence-corrected chi connectivity index (χ0v) is 20.4. The fourth-order valence-corrected chi connectivity index (χ4v) is 4.68. The highest BCUT2D eigenvalue weighted by atomic mass is 19.3. The maximum absolute atomic E-state index is 13.3. The summed E-state index contributed by atoms with van der Waals surface area (Å²) >= 11 is 0. The fraction of sp³-hybridized carbons (Fsp3) is 0.407. The number of aryl methyl sites for hydroxylation is 1. The third-order valence-electron chi connectivity index (χ3n) is 6.81. The third-order valence-corrected chi connectivity index (χ3v) is 6.81. The normalized spacial score (nSPS) is 18.1. The molecule has 3 aromatic rings. The molecule has 1 aliphatic rings. The topological polar surface area (TPSA) is 94.5 Å². The minimum atomic E-state index is -2.97. The molecule has 0 aliphatic carbocycles. The number of benzene rings is 2. The van der Waals surface area contributed by atoms with Crippen LogP contribution in [0.1, 0.15) is 36.5 Å². The Labute approximate surface area is 209 Å². The number of likely N-dealkylation sites (tertiary alicyclic amines) is 1. The molecule has 190 valence electrons. The van der Waals surface area contributed by atoms with Gasteiger partial charge in [0.15, 0.2) is 0 Å². The van der Waals surface area contributed by atoms with Crippen LogP contribution in [-0.2, 0) is 6.54 Å². The Morgan fingerprint density at radius 3 is 2.67 bits per heavy atom. The van der Waals surface area contributed by atoms with Gasteiger partial charge in [0.2, 0.25) is 0 Å².